The summed E-state index contributed by atoms with van der Waals surface area (Å²) in [4.78, 5) is 2.86. The molecule has 1 unspecified atom stereocenters. The van der Waals surface area contributed by atoms with Gasteiger partial charge in [-0.1, -0.05) is 42.0 Å². The second kappa shape index (κ2) is 4.79. The van der Waals surface area contributed by atoms with Gasteiger partial charge in [0.15, 0.2) is 0 Å². The third-order valence-corrected chi connectivity index (χ3v) is 5.80. The van der Waals surface area contributed by atoms with E-state index in [4.69, 9.17) is 0 Å². The predicted molar refractivity (Wildman–Crippen MR) is 76.9 cm³/mol. The molecule has 0 amide bonds. The first kappa shape index (κ1) is 11.2. The van der Waals surface area contributed by atoms with Crippen molar-refractivity contribution in [2.24, 2.45) is 0 Å². The molecule has 0 N–H and O–H groups in total. The Labute approximate surface area is 111 Å². The van der Waals surface area contributed by atoms with Crippen LogP contribution in [-0.4, -0.2) is 5.75 Å². The molecule has 1 atom stereocenters. The maximum absolute atomic E-state index is 2.27. The van der Waals surface area contributed by atoms with Gasteiger partial charge in [0.05, 0.1) is 0 Å². The number of thioether (sulfide) groups is 2. The van der Waals surface area contributed by atoms with Crippen molar-refractivity contribution in [2.75, 3.05) is 5.75 Å². The quantitative estimate of drug-likeness (QED) is 0.711. The molecule has 0 saturated carbocycles. The van der Waals surface area contributed by atoms with Gasteiger partial charge in [-0.3, -0.25) is 0 Å². The molecular weight excluding hydrogens is 244 g/mol. The van der Waals surface area contributed by atoms with Crippen LogP contribution >= 0.6 is 23.5 Å². The van der Waals surface area contributed by atoms with Gasteiger partial charge in [-0.2, -0.15) is 0 Å². The third-order valence-electron chi connectivity index (χ3n) is 2.96. The number of hydrogen-bond donors (Lipinski definition) is 0. The van der Waals surface area contributed by atoms with Crippen molar-refractivity contribution in [1.82, 2.24) is 0 Å². The van der Waals surface area contributed by atoms with Gasteiger partial charge >= 0.3 is 0 Å². The smallest absolute Gasteiger partial charge is 0.0438 e. The zero-order chi connectivity index (χ0) is 11.7. The van der Waals surface area contributed by atoms with E-state index in [0.717, 1.165) is 0 Å². The van der Waals surface area contributed by atoms with E-state index < -0.39 is 0 Å². The summed E-state index contributed by atoms with van der Waals surface area (Å²) in [7, 11) is 0. The predicted octanol–water partition coefficient (Wildman–Crippen LogP) is 4.93. The van der Waals surface area contributed by atoms with Crippen LogP contribution in [0.15, 0.2) is 58.3 Å². The Kier molecular flexibility index (Phi) is 3.17. The highest BCUT2D eigenvalue weighted by Gasteiger charge is 2.20. The van der Waals surface area contributed by atoms with Crippen LogP contribution in [0.4, 0.5) is 0 Å². The van der Waals surface area contributed by atoms with Crippen LogP contribution in [0.3, 0.4) is 0 Å². The summed E-state index contributed by atoms with van der Waals surface area (Å²) >= 11 is 3.97. The van der Waals surface area contributed by atoms with Gasteiger partial charge in [0.2, 0.25) is 0 Å². The Hall–Kier alpha value is -0.860. The molecule has 0 nitrogen and oxygen atoms in total. The second-order valence-electron chi connectivity index (χ2n) is 4.27. The maximum Gasteiger partial charge on any atom is 0.0438 e. The molecule has 17 heavy (non-hydrogen) atoms. The van der Waals surface area contributed by atoms with Gasteiger partial charge in [-0.15, -0.1) is 23.5 Å². The van der Waals surface area contributed by atoms with Crippen LogP contribution in [0, 0.1) is 6.92 Å². The summed E-state index contributed by atoms with van der Waals surface area (Å²) in [6.45, 7) is 2.14. The minimum atomic E-state index is 0.593. The molecule has 0 aromatic heterocycles. The van der Waals surface area contributed by atoms with Crippen molar-refractivity contribution >= 4 is 23.5 Å². The minimum Gasteiger partial charge on any atom is -0.123 e. The third kappa shape index (κ3) is 2.38. The van der Waals surface area contributed by atoms with E-state index in [9.17, 15) is 0 Å². The lowest BCUT2D eigenvalue weighted by molar-refractivity contribution is 1.07. The molecule has 0 bridgehead atoms. The van der Waals surface area contributed by atoms with Gasteiger partial charge in [0.1, 0.15) is 0 Å². The van der Waals surface area contributed by atoms with Crippen molar-refractivity contribution in [2.45, 2.75) is 22.0 Å². The fourth-order valence-corrected chi connectivity index (χ4v) is 4.61. The largest absolute Gasteiger partial charge is 0.123 e. The summed E-state index contributed by atoms with van der Waals surface area (Å²) in [6.07, 6.45) is 0. The average Bonchev–Trinajstić information content (AvgIpc) is 2.39. The monoisotopic (exact) mass is 258 g/mol. The molecule has 86 valence electrons. The van der Waals surface area contributed by atoms with Gasteiger partial charge in [-0.05, 0) is 24.6 Å². The Morgan fingerprint density at radius 3 is 2.41 bits per heavy atom. The first-order valence-electron chi connectivity index (χ1n) is 5.78. The highest BCUT2D eigenvalue weighted by atomic mass is 32.2. The fraction of sp³-hybridized carbons (Fsp3) is 0.200. The fourth-order valence-electron chi connectivity index (χ4n) is 1.96. The number of rotatable bonds is 1. The van der Waals surface area contributed by atoms with Gasteiger partial charge in [-0.25, -0.2) is 0 Å². The molecule has 2 aromatic carbocycles. The molecular formula is C15H14S2. The van der Waals surface area contributed by atoms with E-state index in [-0.39, 0.29) is 0 Å². The first-order valence-corrected chi connectivity index (χ1v) is 7.64. The van der Waals surface area contributed by atoms with Gasteiger partial charge in [0, 0.05) is 20.8 Å². The molecule has 0 fully saturated rings. The molecule has 1 heterocycles. The molecule has 0 radical (unpaired) electrons. The number of fused-ring (bicyclic) bond motifs is 1. The summed E-state index contributed by atoms with van der Waals surface area (Å²) in [5.41, 5.74) is 2.78. The molecule has 1 aliphatic rings. The number of hydrogen-bond acceptors (Lipinski definition) is 2. The van der Waals surface area contributed by atoms with E-state index in [1.165, 1.54) is 26.7 Å². The normalized spacial score (nSPS) is 18.8. The average molecular weight is 258 g/mol. The minimum absolute atomic E-state index is 0.593. The van der Waals surface area contributed by atoms with Gasteiger partial charge in [0.25, 0.3) is 0 Å². The molecule has 3 rings (SSSR count). The highest BCUT2D eigenvalue weighted by molar-refractivity contribution is 8.05. The lowest BCUT2D eigenvalue weighted by atomic mass is 10.1. The van der Waals surface area contributed by atoms with E-state index in [1.54, 1.807) is 0 Å². The molecule has 0 spiro atoms. The van der Waals surface area contributed by atoms with Crippen molar-refractivity contribution < 1.29 is 0 Å². The van der Waals surface area contributed by atoms with Crippen molar-refractivity contribution in [3.63, 3.8) is 0 Å². The summed E-state index contributed by atoms with van der Waals surface area (Å²) in [5, 5.41) is 0.593. The number of benzene rings is 2. The van der Waals surface area contributed by atoms with Gasteiger partial charge < -0.3 is 0 Å². The van der Waals surface area contributed by atoms with Crippen molar-refractivity contribution in [3.05, 3.63) is 59.7 Å². The van der Waals surface area contributed by atoms with Crippen LogP contribution in [0.25, 0.3) is 0 Å². The van der Waals surface area contributed by atoms with E-state index in [2.05, 4.69) is 55.5 Å². The summed E-state index contributed by atoms with van der Waals surface area (Å²) in [5.74, 6) is 1.17. The Bertz CT molecular complexity index is 517. The molecule has 0 aliphatic carbocycles. The molecule has 1 aliphatic heterocycles. The lowest BCUT2D eigenvalue weighted by Gasteiger charge is -2.23. The van der Waals surface area contributed by atoms with E-state index >= 15 is 0 Å². The topological polar surface area (TPSA) is 0 Å². The van der Waals surface area contributed by atoms with Crippen LogP contribution in [0.5, 0.6) is 0 Å². The zero-order valence-electron chi connectivity index (χ0n) is 9.72. The van der Waals surface area contributed by atoms with Crippen molar-refractivity contribution in [3.8, 4) is 0 Å². The standard InChI is InChI=1S/C15H14S2/c1-11-6-8-12(9-7-11)15-10-16-13-4-2-3-5-14(13)17-15/h2-9,15H,10H2,1H3. The maximum atomic E-state index is 2.27. The van der Waals surface area contributed by atoms with E-state index in [0.29, 0.717) is 5.25 Å². The molecule has 2 heteroatoms. The summed E-state index contributed by atoms with van der Waals surface area (Å²) < 4.78 is 0. The first-order chi connectivity index (χ1) is 8.33. The summed E-state index contributed by atoms with van der Waals surface area (Å²) in [6, 6.07) is 17.7. The Balaban J connectivity index is 1.86. The Morgan fingerprint density at radius 2 is 1.65 bits per heavy atom. The second-order valence-corrected chi connectivity index (χ2v) is 6.58. The van der Waals surface area contributed by atoms with Crippen LogP contribution in [0.1, 0.15) is 16.4 Å². The van der Waals surface area contributed by atoms with Crippen LogP contribution in [-0.2, 0) is 0 Å². The highest BCUT2D eigenvalue weighted by Crippen LogP contribution is 2.47. The molecule has 0 saturated heterocycles. The van der Waals surface area contributed by atoms with E-state index in [1.807, 2.05) is 23.5 Å². The lowest BCUT2D eigenvalue weighted by Crippen LogP contribution is -2.02. The zero-order valence-corrected chi connectivity index (χ0v) is 11.4. The van der Waals surface area contributed by atoms with Crippen molar-refractivity contribution in [1.29, 1.82) is 0 Å². The molecule has 2 aromatic rings. The number of aryl methyl sites for hydroxylation is 1. The SMILES string of the molecule is Cc1ccc(C2CSc3ccccc3S2)cc1. The van der Waals surface area contributed by atoms with Crippen LogP contribution < -0.4 is 0 Å². The van der Waals surface area contributed by atoms with Crippen LogP contribution in [0.2, 0.25) is 0 Å². The Morgan fingerprint density at radius 1 is 0.941 bits per heavy atom.